The molecule has 2 heterocycles. The van der Waals surface area contributed by atoms with Crippen LogP contribution < -0.4 is 21.5 Å². The molecule has 0 spiro atoms. The topological polar surface area (TPSA) is 116 Å². The number of halogens is 1. The molecule has 2 aromatic carbocycles. The fourth-order valence-electron chi connectivity index (χ4n) is 3.11. The molecule has 0 radical (unpaired) electrons. The Bertz CT molecular complexity index is 1150. The third kappa shape index (κ3) is 3.98. The molecule has 29 heavy (non-hydrogen) atoms. The zero-order valence-electron chi connectivity index (χ0n) is 15.0. The number of nitrogens with zero attached hydrogens (tertiary/aromatic N) is 1. The van der Waals surface area contributed by atoms with Gasteiger partial charge in [-0.15, -0.1) is 0 Å². The highest BCUT2D eigenvalue weighted by atomic mass is 19.1. The number of para-hydroxylation sites is 1. The summed E-state index contributed by atoms with van der Waals surface area (Å²) in [5.41, 5.74) is 0.428. The Kier molecular flexibility index (Phi) is 4.78. The Morgan fingerprint density at radius 1 is 1.07 bits per heavy atom. The van der Waals surface area contributed by atoms with E-state index in [9.17, 15) is 18.8 Å². The number of H-pyrrole nitrogens is 1. The summed E-state index contributed by atoms with van der Waals surface area (Å²) in [6.07, 6.45) is -0.218. The standard InChI is InChI=1S/C20H16FN5O3/c21-11-5-4-8-13(9-11)22-18(28)14-10-15(27)24-17-16(14)19(29)26-20(25-17)23-12-6-2-1-3-7-12/h1-9,14H,10H2,(H,22,28)(H3,23,24,25,26,27,29). The average molecular weight is 393 g/mol. The number of aromatic amines is 1. The number of benzene rings is 2. The summed E-state index contributed by atoms with van der Waals surface area (Å²) in [6.45, 7) is 0. The number of nitrogens with one attached hydrogen (secondary N) is 4. The predicted molar refractivity (Wildman–Crippen MR) is 106 cm³/mol. The molecule has 0 saturated heterocycles. The van der Waals surface area contributed by atoms with Crippen molar-refractivity contribution in [3.05, 3.63) is 76.3 Å². The van der Waals surface area contributed by atoms with Crippen molar-refractivity contribution in [3.8, 4) is 0 Å². The normalized spacial score (nSPS) is 15.2. The number of anilines is 4. The minimum Gasteiger partial charge on any atom is -0.326 e. The zero-order chi connectivity index (χ0) is 20.4. The second-order valence-electron chi connectivity index (χ2n) is 6.47. The van der Waals surface area contributed by atoms with Crippen LogP contribution in [0.4, 0.5) is 27.5 Å². The van der Waals surface area contributed by atoms with Gasteiger partial charge in [0.1, 0.15) is 11.6 Å². The molecule has 3 aromatic rings. The number of aromatic nitrogens is 2. The van der Waals surface area contributed by atoms with Crippen molar-refractivity contribution < 1.29 is 14.0 Å². The fourth-order valence-corrected chi connectivity index (χ4v) is 3.11. The van der Waals surface area contributed by atoms with E-state index in [0.717, 1.165) is 6.07 Å². The molecule has 1 unspecified atom stereocenters. The van der Waals surface area contributed by atoms with Crippen LogP contribution in [0.25, 0.3) is 0 Å². The minimum absolute atomic E-state index is 0.0165. The lowest BCUT2D eigenvalue weighted by molar-refractivity contribution is -0.123. The second-order valence-corrected chi connectivity index (χ2v) is 6.47. The van der Waals surface area contributed by atoms with Crippen molar-refractivity contribution in [2.45, 2.75) is 12.3 Å². The van der Waals surface area contributed by atoms with Gasteiger partial charge >= 0.3 is 0 Å². The number of carbonyl (C=O) groups is 2. The van der Waals surface area contributed by atoms with E-state index in [-0.39, 0.29) is 29.4 Å². The van der Waals surface area contributed by atoms with Crippen LogP contribution in [0, 0.1) is 5.82 Å². The van der Waals surface area contributed by atoms with E-state index in [4.69, 9.17) is 0 Å². The third-order valence-corrected chi connectivity index (χ3v) is 4.40. The first kappa shape index (κ1) is 18.4. The molecule has 146 valence electrons. The van der Waals surface area contributed by atoms with Crippen LogP contribution in [0.1, 0.15) is 17.9 Å². The van der Waals surface area contributed by atoms with Crippen LogP contribution in [0.3, 0.4) is 0 Å². The average Bonchev–Trinajstić information content (AvgIpc) is 2.67. The Balaban J connectivity index is 1.64. The van der Waals surface area contributed by atoms with Gasteiger partial charge in [0.15, 0.2) is 0 Å². The van der Waals surface area contributed by atoms with Crippen molar-refractivity contribution in [3.63, 3.8) is 0 Å². The van der Waals surface area contributed by atoms with E-state index in [1.807, 2.05) is 18.2 Å². The highest BCUT2D eigenvalue weighted by Gasteiger charge is 2.34. The summed E-state index contributed by atoms with van der Waals surface area (Å²) in [6, 6.07) is 14.4. The maximum Gasteiger partial charge on any atom is 0.258 e. The van der Waals surface area contributed by atoms with Crippen LogP contribution in [0.2, 0.25) is 0 Å². The third-order valence-electron chi connectivity index (χ3n) is 4.40. The summed E-state index contributed by atoms with van der Waals surface area (Å²) in [7, 11) is 0. The Hall–Kier alpha value is -4.01. The molecule has 4 rings (SSSR count). The predicted octanol–water partition coefficient (Wildman–Crippen LogP) is 2.72. The van der Waals surface area contributed by atoms with Crippen LogP contribution in [-0.4, -0.2) is 21.8 Å². The highest BCUT2D eigenvalue weighted by molar-refractivity contribution is 6.04. The van der Waals surface area contributed by atoms with Gasteiger partial charge in [-0.3, -0.25) is 19.4 Å². The van der Waals surface area contributed by atoms with E-state index in [1.54, 1.807) is 12.1 Å². The number of hydrogen-bond donors (Lipinski definition) is 4. The van der Waals surface area contributed by atoms with Crippen LogP contribution in [0.5, 0.6) is 0 Å². The van der Waals surface area contributed by atoms with E-state index in [2.05, 4.69) is 25.9 Å². The first-order valence-corrected chi connectivity index (χ1v) is 8.82. The largest absolute Gasteiger partial charge is 0.326 e. The smallest absolute Gasteiger partial charge is 0.258 e. The SMILES string of the molecule is O=C1CC(C(=O)Nc2cccc(F)c2)c2c(nc(Nc3ccccc3)[nH]c2=O)N1. The quantitative estimate of drug-likeness (QED) is 0.544. The van der Waals surface area contributed by atoms with E-state index in [0.29, 0.717) is 5.69 Å². The molecule has 4 N–H and O–H groups in total. The molecule has 0 aliphatic carbocycles. The van der Waals surface area contributed by atoms with Gasteiger partial charge in [0, 0.05) is 17.8 Å². The molecule has 1 aliphatic rings. The van der Waals surface area contributed by atoms with Crippen LogP contribution in [0.15, 0.2) is 59.4 Å². The maximum atomic E-state index is 13.4. The summed E-state index contributed by atoms with van der Waals surface area (Å²) in [4.78, 5) is 44.3. The highest BCUT2D eigenvalue weighted by Crippen LogP contribution is 2.30. The minimum atomic E-state index is -1.05. The van der Waals surface area contributed by atoms with E-state index < -0.39 is 29.1 Å². The number of fused-ring (bicyclic) bond motifs is 1. The Labute approximate surface area is 164 Å². The van der Waals surface area contributed by atoms with Crippen molar-refractivity contribution >= 4 is 35.0 Å². The fraction of sp³-hybridized carbons (Fsp3) is 0.100. The van der Waals surface area contributed by atoms with Gasteiger partial charge < -0.3 is 16.0 Å². The number of hydrogen-bond acceptors (Lipinski definition) is 5. The van der Waals surface area contributed by atoms with Crippen molar-refractivity contribution in [1.29, 1.82) is 0 Å². The lowest BCUT2D eigenvalue weighted by Crippen LogP contribution is -2.36. The molecule has 1 atom stereocenters. The zero-order valence-corrected chi connectivity index (χ0v) is 15.0. The first-order valence-electron chi connectivity index (χ1n) is 8.82. The Morgan fingerprint density at radius 2 is 1.83 bits per heavy atom. The van der Waals surface area contributed by atoms with Gasteiger partial charge in [-0.25, -0.2) is 4.39 Å². The number of amides is 2. The molecule has 0 bridgehead atoms. The molecule has 1 aliphatic heterocycles. The first-order chi connectivity index (χ1) is 14.0. The van der Waals surface area contributed by atoms with Gasteiger partial charge in [-0.1, -0.05) is 24.3 Å². The van der Waals surface area contributed by atoms with Crippen molar-refractivity contribution in [1.82, 2.24) is 9.97 Å². The summed E-state index contributed by atoms with van der Waals surface area (Å²) in [5.74, 6) is -2.46. The van der Waals surface area contributed by atoms with Gasteiger partial charge in [-0.2, -0.15) is 4.98 Å². The summed E-state index contributed by atoms with van der Waals surface area (Å²) >= 11 is 0. The molecular weight excluding hydrogens is 377 g/mol. The van der Waals surface area contributed by atoms with Crippen LogP contribution >= 0.6 is 0 Å². The summed E-state index contributed by atoms with van der Waals surface area (Å²) in [5, 5.41) is 8.01. The van der Waals surface area contributed by atoms with Crippen molar-refractivity contribution in [2.24, 2.45) is 0 Å². The monoisotopic (exact) mass is 393 g/mol. The molecule has 9 heteroatoms. The number of carbonyl (C=O) groups excluding carboxylic acids is 2. The number of rotatable bonds is 4. The molecule has 0 fully saturated rings. The molecule has 8 nitrogen and oxygen atoms in total. The van der Waals surface area contributed by atoms with E-state index >= 15 is 0 Å². The van der Waals surface area contributed by atoms with Gasteiger partial charge in [0.25, 0.3) is 5.56 Å². The van der Waals surface area contributed by atoms with E-state index in [1.165, 1.54) is 18.2 Å². The summed E-state index contributed by atoms with van der Waals surface area (Å²) < 4.78 is 13.4. The van der Waals surface area contributed by atoms with Crippen LogP contribution in [-0.2, 0) is 9.59 Å². The lowest BCUT2D eigenvalue weighted by Gasteiger charge is -2.23. The van der Waals surface area contributed by atoms with Gasteiger partial charge in [0.05, 0.1) is 11.5 Å². The molecular formula is C20H16FN5O3. The molecule has 2 amide bonds. The van der Waals surface area contributed by atoms with Crippen molar-refractivity contribution in [2.75, 3.05) is 16.0 Å². The molecule has 0 saturated carbocycles. The second kappa shape index (κ2) is 7.55. The van der Waals surface area contributed by atoms with Gasteiger partial charge in [0.2, 0.25) is 17.8 Å². The lowest BCUT2D eigenvalue weighted by atomic mass is 9.92. The Morgan fingerprint density at radius 3 is 2.59 bits per heavy atom. The maximum absolute atomic E-state index is 13.4. The van der Waals surface area contributed by atoms with Gasteiger partial charge in [-0.05, 0) is 30.3 Å². The molecule has 1 aromatic heterocycles.